The number of halogens is 2. The summed E-state index contributed by atoms with van der Waals surface area (Å²) in [6.07, 6.45) is -2.26. The molecule has 1 saturated carbocycles. The Kier molecular flexibility index (Phi) is 8.64. The second-order valence-electron chi connectivity index (χ2n) is 13.1. The number of nitrogens with zero attached hydrogens (tertiary/aromatic N) is 4. The maximum atomic E-state index is 15.6. The molecular weight excluding hydrogens is 684 g/mol. The van der Waals surface area contributed by atoms with Crippen LogP contribution in [0, 0.1) is 5.41 Å². The van der Waals surface area contributed by atoms with E-state index in [9.17, 15) is 9.90 Å². The fraction of sp³-hybridized carbons (Fsp3) is 0.250. The molecule has 1 aliphatic heterocycles. The zero-order chi connectivity index (χ0) is 36.8. The maximum absolute atomic E-state index is 15.6. The molecule has 2 aromatic heterocycles. The number of hydrogen-bond acceptors (Lipinski definition) is 9. The lowest BCUT2D eigenvalue weighted by Gasteiger charge is -2.37. The summed E-state index contributed by atoms with van der Waals surface area (Å²) in [6, 6.07) is 32.8. The number of aromatic nitrogens is 4. The highest BCUT2D eigenvalue weighted by molar-refractivity contribution is 6.06. The highest BCUT2D eigenvalue weighted by atomic mass is 19.3. The maximum Gasteiger partial charge on any atom is 0.260 e. The number of ether oxygens (including phenoxy) is 4. The zero-order valence-corrected chi connectivity index (χ0v) is 28.7. The molecule has 0 unspecified atom stereocenters. The van der Waals surface area contributed by atoms with Gasteiger partial charge in [-0.1, -0.05) is 72.8 Å². The van der Waals surface area contributed by atoms with Crippen LogP contribution >= 0.6 is 0 Å². The van der Waals surface area contributed by atoms with E-state index in [1.807, 2.05) is 78.9 Å². The summed E-state index contributed by atoms with van der Waals surface area (Å²) in [6.45, 7) is -0.323. The Morgan fingerprint density at radius 3 is 2.00 bits per heavy atom. The number of carbonyl (C=O) groups excluding carboxylic acids is 1. The molecule has 6 aromatic rings. The van der Waals surface area contributed by atoms with Crippen LogP contribution < -0.4 is 14.8 Å². The van der Waals surface area contributed by atoms with E-state index in [4.69, 9.17) is 18.9 Å². The van der Waals surface area contributed by atoms with Gasteiger partial charge in [-0.05, 0) is 53.1 Å². The highest BCUT2D eigenvalue weighted by Crippen LogP contribution is 2.70. The van der Waals surface area contributed by atoms with Crippen molar-refractivity contribution in [3.05, 3.63) is 144 Å². The van der Waals surface area contributed by atoms with Crippen molar-refractivity contribution in [2.45, 2.75) is 36.4 Å². The smallest absolute Gasteiger partial charge is 0.260 e. The molecule has 4 aromatic carbocycles. The van der Waals surface area contributed by atoms with Crippen LogP contribution in [0.5, 0.6) is 11.5 Å². The van der Waals surface area contributed by atoms with Crippen molar-refractivity contribution in [2.24, 2.45) is 5.41 Å². The predicted molar refractivity (Wildman–Crippen MR) is 190 cm³/mol. The van der Waals surface area contributed by atoms with Crippen LogP contribution in [0.1, 0.15) is 39.7 Å². The van der Waals surface area contributed by atoms with Gasteiger partial charge >= 0.3 is 0 Å². The van der Waals surface area contributed by atoms with Crippen molar-refractivity contribution >= 4 is 22.9 Å². The topological polar surface area (TPSA) is 130 Å². The summed E-state index contributed by atoms with van der Waals surface area (Å²) in [5.74, 6) is -2.28. The lowest BCUT2D eigenvalue weighted by Crippen LogP contribution is -2.40. The molecule has 270 valence electrons. The summed E-state index contributed by atoms with van der Waals surface area (Å²) >= 11 is 0. The number of amides is 1. The van der Waals surface area contributed by atoms with Crippen LogP contribution in [0.15, 0.2) is 122 Å². The van der Waals surface area contributed by atoms with E-state index in [2.05, 4.69) is 20.3 Å². The number of aliphatic hydroxyl groups is 1. The molecule has 2 fully saturated rings. The Balaban J connectivity index is 1.16. The summed E-state index contributed by atoms with van der Waals surface area (Å²) in [4.78, 5) is 25.9. The Labute approximate surface area is 303 Å². The SMILES string of the molecule is COc1ccc(C(OC[C@H]2O[C@@H](n3cnc4c(NC(=O)c5ccccc5)ncnc43)[C@H](O)[C@@]23CC3(F)F)(c2ccccc2)c2ccc(OC)cc2)cc1. The molecule has 2 aliphatic rings. The van der Waals surface area contributed by atoms with Crippen LogP contribution in [0.3, 0.4) is 0 Å². The molecule has 0 radical (unpaired) electrons. The second kappa shape index (κ2) is 13.3. The molecule has 11 nitrogen and oxygen atoms in total. The van der Waals surface area contributed by atoms with Crippen LogP contribution in [0.4, 0.5) is 14.6 Å². The fourth-order valence-electron chi connectivity index (χ4n) is 7.38. The Hall–Kier alpha value is -5.76. The molecule has 1 aliphatic carbocycles. The molecular formula is C40H35F2N5O6. The molecule has 1 amide bonds. The van der Waals surface area contributed by atoms with E-state index in [-0.39, 0.29) is 23.6 Å². The largest absolute Gasteiger partial charge is 0.497 e. The van der Waals surface area contributed by atoms with E-state index in [1.54, 1.807) is 44.6 Å². The number of benzene rings is 4. The first-order chi connectivity index (χ1) is 25.7. The van der Waals surface area contributed by atoms with Crippen molar-refractivity contribution in [2.75, 3.05) is 26.1 Å². The minimum atomic E-state index is -3.25. The zero-order valence-electron chi connectivity index (χ0n) is 28.7. The van der Waals surface area contributed by atoms with E-state index in [1.165, 1.54) is 17.2 Å². The number of methoxy groups -OCH3 is 2. The van der Waals surface area contributed by atoms with Gasteiger partial charge < -0.3 is 29.4 Å². The second-order valence-corrected chi connectivity index (χ2v) is 13.1. The lowest BCUT2D eigenvalue weighted by atomic mass is 9.79. The fourth-order valence-corrected chi connectivity index (χ4v) is 7.38. The Morgan fingerprint density at radius 2 is 1.43 bits per heavy atom. The van der Waals surface area contributed by atoms with Gasteiger partial charge in [-0.2, -0.15) is 0 Å². The molecule has 2 N–H and O–H groups in total. The van der Waals surface area contributed by atoms with Gasteiger partial charge in [0.2, 0.25) is 0 Å². The first-order valence-electron chi connectivity index (χ1n) is 17.0. The first-order valence-corrected chi connectivity index (χ1v) is 17.0. The van der Waals surface area contributed by atoms with Crippen molar-refractivity contribution in [3.63, 3.8) is 0 Å². The van der Waals surface area contributed by atoms with Gasteiger partial charge in [0.1, 0.15) is 29.5 Å². The number of rotatable bonds is 11. The molecule has 13 heteroatoms. The van der Waals surface area contributed by atoms with Gasteiger partial charge in [-0.3, -0.25) is 9.36 Å². The quantitative estimate of drug-likeness (QED) is 0.146. The summed E-state index contributed by atoms with van der Waals surface area (Å²) < 4.78 is 56.8. The van der Waals surface area contributed by atoms with Gasteiger partial charge in [-0.15, -0.1) is 0 Å². The molecule has 53 heavy (non-hydrogen) atoms. The number of alkyl halides is 2. The van der Waals surface area contributed by atoms with Gasteiger partial charge in [0.15, 0.2) is 23.2 Å². The van der Waals surface area contributed by atoms with Gasteiger partial charge in [0.25, 0.3) is 11.8 Å². The number of anilines is 1. The predicted octanol–water partition coefficient (Wildman–Crippen LogP) is 6.39. The summed E-state index contributed by atoms with van der Waals surface area (Å²) in [5, 5.41) is 14.5. The summed E-state index contributed by atoms with van der Waals surface area (Å²) in [7, 11) is 3.15. The average Bonchev–Trinajstić information content (AvgIpc) is 3.42. The van der Waals surface area contributed by atoms with E-state index < -0.39 is 47.7 Å². The average molecular weight is 720 g/mol. The monoisotopic (exact) mass is 719 g/mol. The number of nitrogens with one attached hydrogen (secondary N) is 1. The van der Waals surface area contributed by atoms with E-state index >= 15 is 8.78 Å². The van der Waals surface area contributed by atoms with E-state index in [0.717, 1.165) is 5.56 Å². The van der Waals surface area contributed by atoms with Crippen LogP contribution in [-0.2, 0) is 15.1 Å². The third-order valence-electron chi connectivity index (χ3n) is 10.3. The number of hydrogen-bond donors (Lipinski definition) is 2. The van der Waals surface area contributed by atoms with Crippen molar-refractivity contribution in [3.8, 4) is 11.5 Å². The van der Waals surface area contributed by atoms with Crippen molar-refractivity contribution in [1.82, 2.24) is 19.5 Å². The van der Waals surface area contributed by atoms with Crippen LogP contribution in [-0.4, -0.2) is 69.5 Å². The minimum absolute atomic E-state index is 0.119. The third-order valence-corrected chi connectivity index (χ3v) is 10.3. The number of fused-ring (bicyclic) bond motifs is 1. The molecule has 1 spiro atoms. The van der Waals surface area contributed by atoms with Gasteiger partial charge in [0.05, 0.1) is 38.7 Å². The molecule has 4 atom stereocenters. The third kappa shape index (κ3) is 5.68. The number of carbonyl (C=O) groups is 1. The Morgan fingerprint density at radius 1 is 0.868 bits per heavy atom. The molecule has 8 rings (SSSR count). The summed E-state index contributed by atoms with van der Waals surface area (Å²) in [5.41, 5.74) is -0.303. The van der Waals surface area contributed by atoms with Gasteiger partial charge in [0, 0.05) is 12.0 Å². The highest BCUT2D eigenvalue weighted by Gasteiger charge is 2.82. The lowest BCUT2D eigenvalue weighted by molar-refractivity contribution is -0.0966. The van der Waals surface area contributed by atoms with Crippen molar-refractivity contribution in [1.29, 1.82) is 0 Å². The van der Waals surface area contributed by atoms with Crippen molar-refractivity contribution < 1.29 is 37.6 Å². The van der Waals surface area contributed by atoms with Gasteiger partial charge in [-0.25, -0.2) is 23.7 Å². The van der Waals surface area contributed by atoms with Crippen LogP contribution in [0.2, 0.25) is 0 Å². The molecule has 1 saturated heterocycles. The Bertz CT molecular complexity index is 2190. The minimum Gasteiger partial charge on any atom is -0.497 e. The van der Waals surface area contributed by atoms with E-state index in [0.29, 0.717) is 28.2 Å². The standard InChI is InChI=1S/C40H35F2N5O6/c1-50-29-17-13-27(14-18-29)40(26-11-7-4-8-12-26,28-15-19-30(51-2)20-16-28)52-21-31-38(22-39(38,41)42)33(48)37(53-31)47-24-45-32-34(43-23-44-35(32)47)46-36(49)25-9-5-3-6-10-25/h3-20,23-24,31,33,37,48H,21-22H2,1-2H3,(H,43,44,46,49)/t31-,33+,37-,38-/m1/s1. The van der Waals surface area contributed by atoms with Crippen LogP contribution in [0.25, 0.3) is 11.2 Å². The number of imidazole rings is 1. The molecule has 3 heterocycles. The normalized spacial score (nSPS) is 21.8. The molecule has 0 bridgehead atoms. The number of aliphatic hydroxyl groups excluding tert-OH is 1. The first kappa shape index (κ1) is 34.3.